The van der Waals surface area contributed by atoms with E-state index in [9.17, 15) is 0 Å². The van der Waals surface area contributed by atoms with Crippen LogP contribution in [0.1, 0.15) is 45.4 Å². The van der Waals surface area contributed by atoms with Gasteiger partial charge in [0, 0.05) is 42.2 Å². The minimum atomic E-state index is 0.534. The molecule has 0 bridgehead atoms. The van der Waals surface area contributed by atoms with E-state index in [1.807, 2.05) is 0 Å². The summed E-state index contributed by atoms with van der Waals surface area (Å²) in [5.74, 6) is 1.38. The van der Waals surface area contributed by atoms with Crippen molar-refractivity contribution in [1.82, 2.24) is 10.2 Å². The van der Waals surface area contributed by atoms with Gasteiger partial charge >= 0.3 is 0 Å². The van der Waals surface area contributed by atoms with E-state index >= 15 is 0 Å². The van der Waals surface area contributed by atoms with Gasteiger partial charge in [-0.3, -0.25) is 4.90 Å². The van der Waals surface area contributed by atoms with Crippen molar-refractivity contribution in [3.63, 3.8) is 0 Å². The van der Waals surface area contributed by atoms with E-state index in [4.69, 9.17) is 0 Å². The second-order valence-electron chi connectivity index (χ2n) is 6.19. The Hall–Kier alpha value is 0.270. The van der Waals surface area contributed by atoms with Gasteiger partial charge in [0.2, 0.25) is 0 Å². The van der Waals surface area contributed by atoms with Crippen LogP contribution >= 0.6 is 11.8 Å². The highest BCUT2D eigenvalue weighted by molar-refractivity contribution is 8.00. The van der Waals surface area contributed by atoms with E-state index in [1.54, 1.807) is 0 Å². The summed E-state index contributed by atoms with van der Waals surface area (Å²) >= 11 is 2.18. The van der Waals surface area contributed by atoms with Crippen LogP contribution in [0.4, 0.5) is 0 Å². The van der Waals surface area contributed by atoms with Crippen LogP contribution in [0, 0.1) is 0 Å². The molecule has 3 rings (SSSR count). The first kappa shape index (κ1) is 12.3. The van der Waals surface area contributed by atoms with Crippen LogP contribution in [0.2, 0.25) is 0 Å². The van der Waals surface area contributed by atoms with Crippen LogP contribution < -0.4 is 5.32 Å². The van der Waals surface area contributed by atoms with Crippen LogP contribution in [0.15, 0.2) is 0 Å². The minimum Gasteiger partial charge on any atom is -0.314 e. The first-order chi connectivity index (χ1) is 8.30. The molecule has 17 heavy (non-hydrogen) atoms. The second kappa shape index (κ2) is 5.10. The summed E-state index contributed by atoms with van der Waals surface area (Å²) in [7, 11) is 0. The molecular weight excluding hydrogens is 228 g/mol. The van der Waals surface area contributed by atoms with E-state index in [-0.39, 0.29) is 0 Å². The molecule has 0 radical (unpaired) electrons. The summed E-state index contributed by atoms with van der Waals surface area (Å²) in [6, 6.07) is 0.871. The Morgan fingerprint density at radius 3 is 2.76 bits per heavy atom. The van der Waals surface area contributed by atoms with Crippen LogP contribution in [0.25, 0.3) is 0 Å². The first-order valence-corrected chi connectivity index (χ1v) is 8.44. The molecule has 2 atom stereocenters. The molecule has 3 aliphatic rings. The fourth-order valence-corrected chi connectivity index (χ4v) is 5.34. The summed E-state index contributed by atoms with van der Waals surface area (Å²) in [4.78, 5) is 2.92. The molecule has 2 aliphatic heterocycles. The lowest BCUT2D eigenvalue weighted by Crippen LogP contribution is -2.64. The lowest BCUT2D eigenvalue weighted by atomic mass is 9.78. The van der Waals surface area contributed by atoms with Gasteiger partial charge in [0.25, 0.3) is 0 Å². The van der Waals surface area contributed by atoms with E-state index in [0.29, 0.717) is 5.54 Å². The van der Waals surface area contributed by atoms with Crippen molar-refractivity contribution in [2.24, 2.45) is 0 Å². The number of thioether (sulfide) groups is 1. The maximum atomic E-state index is 3.66. The Kier molecular flexibility index (Phi) is 3.69. The minimum absolute atomic E-state index is 0.534. The van der Waals surface area contributed by atoms with E-state index in [0.717, 1.165) is 11.3 Å². The number of nitrogens with zero attached hydrogens (tertiary/aromatic N) is 1. The molecule has 2 heterocycles. The van der Waals surface area contributed by atoms with Gasteiger partial charge < -0.3 is 5.32 Å². The Balaban J connectivity index is 1.74. The highest BCUT2D eigenvalue weighted by atomic mass is 32.2. The normalized spacial score (nSPS) is 38.6. The van der Waals surface area contributed by atoms with Gasteiger partial charge in [-0.15, -0.1) is 0 Å². The molecule has 2 nitrogen and oxygen atoms in total. The van der Waals surface area contributed by atoms with Gasteiger partial charge in [-0.25, -0.2) is 0 Å². The average molecular weight is 254 g/mol. The monoisotopic (exact) mass is 254 g/mol. The Bertz CT molecular complexity index is 255. The third-order valence-electron chi connectivity index (χ3n) is 4.99. The molecule has 0 aromatic heterocycles. The van der Waals surface area contributed by atoms with Gasteiger partial charge in [-0.2, -0.15) is 11.8 Å². The first-order valence-electron chi connectivity index (χ1n) is 7.39. The van der Waals surface area contributed by atoms with Crippen molar-refractivity contribution in [3.05, 3.63) is 0 Å². The lowest BCUT2D eigenvalue weighted by molar-refractivity contribution is -0.000618. The highest BCUT2D eigenvalue weighted by Crippen LogP contribution is 2.40. The predicted molar refractivity (Wildman–Crippen MR) is 75.7 cm³/mol. The van der Waals surface area contributed by atoms with Gasteiger partial charge in [0.1, 0.15) is 0 Å². The number of nitrogens with one attached hydrogen (secondary N) is 1. The molecule has 1 N–H and O–H groups in total. The fourth-order valence-electron chi connectivity index (χ4n) is 4.11. The standard InChI is InChI=1S/C14H26N2S/c1-12-9-13(10-17-12)16-8-7-15-11-14(16)5-3-2-4-6-14/h12-13,15H,2-11H2,1H3. The molecule has 1 saturated carbocycles. The highest BCUT2D eigenvalue weighted by Gasteiger charge is 2.44. The number of hydrogen-bond acceptors (Lipinski definition) is 3. The number of piperazine rings is 1. The topological polar surface area (TPSA) is 15.3 Å². The van der Waals surface area contributed by atoms with Crippen molar-refractivity contribution in [2.45, 2.75) is 62.3 Å². The van der Waals surface area contributed by atoms with Gasteiger partial charge in [0.05, 0.1) is 0 Å². The molecule has 0 aromatic rings. The molecular formula is C14H26N2S. The zero-order chi connectivity index (χ0) is 11.7. The van der Waals surface area contributed by atoms with Crippen molar-refractivity contribution in [1.29, 1.82) is 0 Å². The molecule has 3 fully saturated rings. The molecule has 1 aliphatic carbocycles. The summed E-state index contributed by atoms with van der Waals surface area (Å²) in [6.45, 7) is 6.15. The largest absolute Gasteiger partial charge is 0.314 e. The maximum absolute atomic E-state index is 3.66. The lowest BCUT2D eigenvalue weighted by Gasteiger charge is -2.52. The Morgan fingerprint density at radius 2 is 2.06 bits per heavy atom. The third-order valence-corrected chi connectivity index (χ3v) is 6.33. The van der Waals surface area contributed by atoms with Crippen molar-refractivity contribution >= 4 is 11.8 Å². The average Bonchev–Trinajstić information content (AvgIpc) is 2.77. The second-order valence-corrected chi connectivity index (χ2v) is 7.66. The SMILES string of the molecule is CC1CC(N2CCNCC23CCCCC3)CS1. The summed E-state index contributed by atoms with van der Waals surface area (Å²) < 4.78 is 0. The van der Waals surface area contributed by atoms with Crippen molar-refractivity contribution < 1.29 is 0 Å². The van der Waals surface area contributed by atoms with Crippen LogP contribution in [-0.2, 0) is 0 Å². The van der Waals surface area contributed by atoms with E-state index < -0.39 is 0 Å². The van der Waals surface area contributed by atoms with Crippen LogP contribution in [-0.4, -0.2) is 47.1 Å². The van der Waals surface area contributed by atoms with Gasteiger partial charge in [-0.1, -0.05) is 26.2 Å². The van der Waals surface area contributed by atoms with Crippen LogP contribution in [0.3, 0.4) is 0 Å². The zero-order valence-corrected chi connectivity index (χ0v) is 11.9. The smallest absolute Gasteiger partial charge is 0.0337 e. The molecule has 0 aromatic carbocycles. The predicted octanol–water partition coefficient (Wildman–Crippen LogP) is 2.49. The molecule has 0 amide bonds. The zero-order valence-electron chi connectivity index (χ0n) is 11.1. The fraction of sp³-hybridized carbons (Fsp3) is 1.00. The maximum Gasteiger partial charge on any atom is 0.0337 e. The third kappa shape index (κ3) is 2.39. The van der Waals surface area contributed by atoms with Crippen molar-refractivity contribution in [3.8, 4) is 0 Å². The van der Waals surface area contributed by atoms with Gasteiger partial charge in [0.15, 0.2) is 0 Å². The number of hydrogen-bond donors (Lipinski definition) is 1. The quantitative estimate of drug-likeness (QED) is 0.774. The molecule has 1 spiro atoms. The van der Waals surface area contributed by atoms with E-state index in [1.165, 1.54) is 63.9 Å². The Labute approximate surface area is 110 Å². The number of rotatable bonds is 1. The summed E-state index contributed by atoms with van der Waals surface area (Å²) in [5.41, 5.74) is 0.534. The van der Waals surface area contributed by atoms with E-state index in [2.05, 4.69) is 28.9 Å². The molecule has 3 heteroatoms. The molecule has 2 unspecified atom stereocenters. The Morgan fingerprint density at radius 1 is 1.24 bits per heavy atom. The van der Waals surface area contributed by atoms with Gasteiger partial charge in [-0.05, 0) is 19.3 Å². The molecule has 2 saturated heterocycles. The molecule has 98 valence electrons. The summed E-state index contributed by atoms with van der Waals surface area (Å²) in [5, 5.41) is 4.55. The van der Waals surface area contributed by atoms with Crippen molar-refractivity contribution in [2.75, 3.05) is 25.4 Å². The van der Waals surface area contributed by atoms with Crippen LogP contribution in [0.5, 0.6) is 0 Å². The summed E-state index contributed by atoms with van der Waals surface area (Å²) in [6.07, 6.45) is 8.67.